The lowest BCUT2D eigenvalue weighted by Gasteiger charge is -2.37. The predicted octanol–water partition coefficient (Wildman–Crippen LogP) is 5.26. The van der Waals surface area contributed by atoms with E-state index in [1.54, 1.807) is 25.3 Å². The van der Waals surface area contributed by atoms with Crippen LogP contribution in [0.3, 0.4) is 0 Å². The van der Waals surface area contributed by atoms with Crippen LogP contribution in [0, 0.1) is 11.3 Å². The molecule has 0 bridgehead atoms. The first-order valence-electron chi connectivity index (χ1n) is 8.02. The first-order chi connectivity index (χ1) is 11.9. The van der Waals surface area contributed by atoms with Gasteiger partial charge in [-0.1, -0.05) is 30.4 Å². The molecular formula is C19H20F3NO2. The molecule has 0 aromatic heterocycles. The molecule has 1 aromatic carbocycles. The molecule has 1 saturated carbocycles. The van der Waals surface area contributed by atoms with Gasteiger partial charge in [0.2, 0.25) is 0 Å². The normalized spacial score (nSPS) is 24.5. The number of nitriles is 1. The minimum atomic E-state index is -4.67. The number of halogens is 3. The Kier molecular flexibility index (Phi) is 6.27. The van der Waals surface area contributed by atoms with E-state index in [0.29, 0.717) is 0 Å². The van der Waals surface area contributed by atoms with E-state index in [-0.39, 0.29) is 17.3 Å². The van der Waals surface area contributed by atoms with Crippen LogP contribution >= 0.6 is 0 Å². The van der Waals surface area contributed by atoms with Crippen molar-refractivity contribution in [1.82, 2.24) is 0 Å². The van der Waals surface area contributed by atoms with E-state index in [1.165, 1.54) is 18.2 Å². The Balaban J connectivity index is 1.98. The summed E-state index contributed by atoms with van der Waals surface area (Å²) in [5, 5.41) is 8.49. The monoisotopic (exact) mass is 351 g/mol. The zero-order chi connectivity index (χ0) is 18.3. The summed E-state index contributed by atoms with van der Waals surface area (Å²) in [4.78, 5) is 0. The van der Waals surface area contributed by atoms with E-state index in [0.717, 1.165) is 31.2 Å². The number of benzene rings is 1. The molecule has 3 nitrogen and oxygen atoms in total. The van der Waals surface area contributed by atoms with Crippen molar-refractivity contribution in [3.8, 4) is 11.8 Å². The average Bonchev–Trinajstić information content (AvgIpc) is 2.59. The zero-order valence-electron chi connectivity index (χ0n) is 13.9. The quantitative estimate of drug-likeness (QED) is 0.536. The lowest BCUT2D eigenvalue weighted by Crippen LogP contribution is -2.33. The molecule has 0 unspecified atom stereocenters. The van der Waals surface area contributed by atoms with E-state index >= 15 is 0 Å². The Bertz CT molecular complexity index is 649. The number of hydrogen-bond donors (Lipinski definition) is 0. The summed E-state index contributed by atoms with van der Waals surface area (Å²) in [6.45, 7) is 0. The SMILES string of the molecule is COC1(C=CC=CC#N)CCC(c2ccc(OC(F)(F)F)cc2)CC1. The third-order valence-electron chi connectivity index (χ3n) is 4.51. The summed E-state index contributed by atoms with van der Waals surface area (Å²) >= 11 is 0. The first kappa shape index (κ1) is 19.1. The number of nitrogens with zero attached hydrogens (tertiary/aromatic N) is 1. The van der Waals surface area contributed by atoms with Crippen molar-refractivity contribution in [2.75, 3.05) is 7.11 Å². The zero-order valence-corrected chi connectivity index (χ0v) is 13.9. The Morgan fingerprint density at radius 1 is 1.16 bits per heavy atom. The van der Waals surface area contributed by atoms with E-state index in [1.807, 2.05) is 18.2 Å². The third kappa shape index (κ3) is 5.64. The van der Waals surface area contributed by atoms with Gasteiger partial charge < -0.3 is 9.47 Å². The van der Waals surface area contributed by atoms with Crippen molar-refractivity contribution in [2.45, 2.75) is 43.6 Å². The van der Waals surface area contributed by atoms with Gasteiger partial charge in [0.1, 0.15) is 5.75 Å². The summed E-state index contributed by atoms with van der Waals surface area (Å²) in [5.41, 5.74) is 0.655. The van der Waals surface area contributed by atoms with E-state index in [4.69, 9.17) is 10.00 Å². The van der Waals surface area contributed by atoms with E-state index in [2.05, 4.69) is 4.74 Å². The fraction of sp³-hybridized carbons (Fsp3) is 0.421. The second-order valence-electron chi connectivity index (χ2n) is 6.01. The summed E-state index contributed by atoms with van der Waals surface area (Å²) in [6.07, 6.45) is 5.56. The molecule has 1 fully saturated rings. The van der Waals surface area contributed by atoms with Crippen LogP contribution in [-0.4, -0.2) is 19.1 Å². The van der Waals surface area contributed by atoms with Gasteiger partial charge in [-0.25, -0.2) is 0 Å². The minimum absolute atomic E-state index is 0.203. The van der Waals surface area contributed by atoms with Crippen LogP contribution in [0.25, 0.3) is 0 Å². The van der Waals surface area contributed by atoms with Gasteiger partial charge in [0.25, 0.3) is 0 Å². The molecule has 0 spiro atoms. The topological polar surface area (TPSA) is 42.2 Å². The first-order valence-corrected chi connectivity index (χ1v) is 8.02. The lowest BCUT2D eigenvalue weighted by atomic mass is 9.76. The fourth-order valence-corrected chi connectivity index (χ4v) is 3.15. The molecule has 0 saturated heterocycles. The Morgan fingerprint density at radius 2 is 1.80 bits per heavy atom. The Morgan fingerprint density at radius 3 is 2.32 bits per heavy atom. The highest BCUT2D eigenvalue weighted by Crippen LogP contribution is 2.41. The molecule has 134 valence electrons. The van der Waals surface area contributed by atoms with Crippen molar-refractivity contribution in [1.29, 1.82) is 5.26 Å². The number of rotatable bonds is 5. The predicted molar refractivity (Wildman–Crippen MR) is 88.0 cm³/mol. The van der Waals surface area contributed by atoms with Crippen molar-refractivity contribution in [3.63, 3.8) is 0 Å². The maximum Gasteiger partial charge on any atom is 0.573 e. The van der Waals surface area contributed by atoms with Crippen LogP contribution in [0.4, 0.5) is 13.2 Å². The van der Waals surface area contributed by atoms with Gasteiger partial charge in [0.05, 0.1) is 11.7 Å². The number of allylic oxidation sites excluding steroid dienone is 3. The van der Waals surface area contributed by atoms with Crippen LogP contribution in [0.15, 0.2) is 48.6 Å². The Labute approximate surface area is 145 Å². The average molecular weight is 351 g/mol. The van der Waals surface area contributed by atoms with Gasteiger partial charge in [-0.15, -0.1) is 13.2 Å². The maximum atomic E-state index is 12.2. The molecule has 25 heavy (non-hydrogen) atoms. The molecule has 0 radical (unpaired) electrons. The molecule has 2 rings (SSSR count). The largest absolute Gasteiger partial charge is 0.573 e. The van der Waals surface area contributed by atoms with Gasteiger partial charge >= 0.3 is 6.36 Å². The second-order valence-corrected chi connectivity index (χ2v) is 6.01. The van der Waals surface area contributed by atoms with Gasteiger partial charge in [0, 0.05) is 13.2 Å². The van der Waals surface area contributed by atoms with Gasteiger partial charge in [0.15, 0.2) is 0 Å². The molecule has 0 N–H and O–H groups in total. The third-order valence-corrected chi connectivity index (χ3v) is 4.51. The Hall–Kier alpha value is -2.26. The molecule has 0 atom stereocenters. The van der Waals surface area contributed by atoms with Gasteiger partial charge in [-0.05, 0) is 49.3 Å². The summed E-state index contributed by atoms with van der Waals surface area (Å²) in [5.74, 6) is 0.0803. The fourth-order valence-electron chi connectivity index (χ4n) is 3.15. The smallest absolute Gasteiger partial charge is 0.406 e. The lowest BCUT2D eigenvalue weighted by molar-refractivity contribution is -0.274. The molecule has 6 heteroatoms. The molecule has 0 heterocycles. The van der Waals surface area contributed by atoms with Crippen molar-refractivity contribution in [3.05, 3.63) is 54.1 Å². The standard InChI is InChI=1S/C19H20F3NO2/c1-24-18(11-3-2-4-14-23)12-9-16(10-13-18)15-5-7-17(8-6-15)25-19(20,21)22/h2-8,11,16H,9-10,12-13H2,1H3. The summed E-state index contributed by atoms with van der Waals surface area (Å²) in [6, 6.07) is 8.02. The van der Waals surface area contributed by atoms with Crippen molar-refractivity contribution < 1.29 is 22.6 Å². The van der Waals surface area contributed by atoms with Gasteiger partial charge in [-0.2, -0.15) is 5.26 Å². The molecule has 0 aliphatic heterocycles. The van der Waals surface area contributed by atoms with Crippen LogP contribution in [0.1, 0.15) is 37.2 Å². The summed E-state index contributed by atoms with van der Waals surface area (Å²) in [7, 11) is 1.67. The minimum Gasteiger partial charge on any atom is -0.406 e. The second kappa shape index (κ2) is 8.21. The number of ether oxygens (including phenoxy) is 2. The van der Waals surface area contributed by atoms with Crippen molar-refractivity contribution in [2.24, 2.45) is 0 Å². The van der Waals surface area contributed by atoms with Crippen molar-refractivity contribution >= 4 is 0 Å². The summed E-state index contributed by atoms with van der Waals surface area (Å²) < 4.78 is 46.2. The highest BCUT2D eigenvalue weighted by atomic mass is 19.4. The maximum absolute atomic E-state index is 12.2. The number of alkyl halides is 3. The highest BCUT2D eigenvalue weighted by Gasteiger charge is 2.34. The molecule has 1 aromatic rings. The highest BCUT2D eigenvalue weighted by molar-refractivity contribution is 5.30. The molecule has 1 aliphatic rings. The van der Waals surface area contributed by atoms with Gasteiger partial charge in [-0.3, -0.25) is 0 Å². The molecule has 0 amide bonds. The van der Waals surface area contributed by atoms with Crippen LogP contribution in [0.5, 0.6) is 5.75 Å². The molecular weight excluding hydrogens is 331 g/mol. The molecule has 1 aliphatic carbocycles. The van der Waals surface area contributed by atoms with E-state index in [9.17, 15) is 13.2 Å². The number of methoxy groups -OCH3 is 1. The van der Waals surface area contributed by atoms with Crippen LogP contribution < -0.4 is 4.74 Å². The van der Waals surface area contributed by atoms with Crippen LogP contribution in [-0.2, 0) is 4.74 Å². The van der Waals surface area contributed by atoms with E-state index < -0.39 is 6.36 Å². The number of hydrogen-bond acceptors (Lipinski definition) is 3. The van der Waals surface area contributed by atoms with Crippen LogP contribution in [0.2, 0.25) is 0 Å².